The van der Waals surface area contributed by atoms with Crippen molar-refractivity contribution in [2.45, 2.75) is 43.6 Å². The molecule has 0 spiro atoms. The lowest BCUT2D eigenvalue weighted by molar-refractivity contribution is -0.131. The molecule has 2 rings (SSSR count). The molecule has 0 aliphatic heterocycles. The lowest BCUT2D eigenvalue weighted by atomic mass is 9.83. The fourth-order valence-electron chi connectivity index (χ4n) is 2.58. The Labute approximate surface area is 151 Å². The summed E-state index contributed by atoms with van der Waals surface area (Å²) in [6, 6.07) is 2.97. The first-order valence-electron chi connectivity index (χ1n) is 8.11. The molecule has 1 amide bonds. The predicted molar refractivity (Wildman–Crippen MR) is 94.1 cm³/mol. The zero-order valence-electron chi connectivity index (χ0n) is 14.6. The number of sulfone groups is 1. The number of carbonyl (C=O) groups excluding carboxylic acids is 1. The minimum atomic E-state index is -3.82. The van der Waals surface area contributed by atoms with Crippen LogP contribution in [0.25, 0.3) is 0 Å². The highest BCUT2D eigenvalue weighted by atomic mass is 32.2. The molecule has 0 aromatic carbocycles. The summed E-state index contributed by atoms with van der Waals surface area (Å²) in [6.45, 7) is 1.18. The molecule has 1 atom stereocenters. The van der Waals surface area contributed by atoms with Gasteiger partial charge in [0.25, 0.3) is 11.5 Å². The molecule has 1 aliphatic carbocycles. The van der Waals surface area contributed by atoms with E-state index in [4.69, 9.17) is 5.21 Å². The first-order chi connectivity index (χ1) is 12.1. The number of nitrogens with zero attached hydrogens (tertiary/aromatic N) is 1. The standard InChI is InChI=1S/C17H22N2O6S/c1-17(16(22)18-23,26(2,24)25)6-8-19-7-5-12(11-15(19)21)3-4-13-9-14(20)10-13/h5,7,11,13-14,20,23H,6,8-10H2,1-2H3,(H,18,22). The summed E-state index contributed by atoms with van der Waals surface area (Å²) in [4.78, 5) is 24.0. The van der Waals surface area contributed by atoms with Crippen LogP contribution in [-0.4, -0.2) is 46.3 Å². The van der Waals surface area contributed by atoms with Crippen molar-refractivity contribution in [2.75, 3.05) is 6.26 Å². The van der Waals surface area contributed by atoms with E-state index in [0.29, 0.717) is 18.4 Å². The molecule has 26 heavy (non-hydrogen) atoms. The van der Waals surface area contributed by atoms with Gasteiger partial charge in [-0.1, -0.05) is 11.8 Å². The van der Waals surface area contributed by atoms with Crippen molar-refractivity contribution in [3.63, 3.8) is 0 Å². The topological polar surface area (TPSA) is 126 Å². The fraction of sp³-hybridized carbons (Fsp3) is 0.529. The number of amides is 1. The number of rotatable bonds is 5. The van der Waals surface area contributed by atoms with Gasteiger partial charge in [-0.25, -0.2) is 13.9 Å². The molecule has 1 saturated carbocycles. The van der Waals surface area contributed by atoms with Gasteiger partial charge in [0, 0.05) is 36.5 Å². The van der Waals surface area contributed by atoms with Gasteiger partial charge in [0.1, 0.15) is 0 Å². The SMILES string of the molecule is CC(CCn1ccc(C#CC2CC(O)C2)cc1=O)(C(=O)NO)S(C)(=O)=O. The smallest absolute Gasteiger partial charge is 0.264 e. The second kappa shape index (κ2) is 7.61. The average molecular weight is 382 g/mol. The van der Waals surface area contributed by atoms with Crippen molar-refractivity contribution in [3.05, 3.63) is 34.2 Å². The number of nitrogens with one attached hydrogen (secondary N) is 1. The molecule has 1 aliphatic rings. The lowest BCUT2D eigenvalue weighted by Gasteiger charge is -2.26. The summed E-state index contributed by atoms with van der Waals surface area (Å²) >= 11 is 0. The molecule has 8 nitrogen and oxygen atoms in total. The van der Waals surface area contributed by atoms with Gasteiger partial charge in [0.05, 0.1) is 6.10 Å². The van der Waals surface area contributed by atoms with E-state index in [1.54, 1.807) is 6.07 Å². The van der Waals surface area contributed by atoms with Crippen LogP contribution in [0.5, 0.6) is 0 Å². The summed E-state index contributed by atoms with van der Waals surface area (Å²) in [7, 11) is -3.82. The third-order valence-electron chi connectivity index (χ3n) is 4.76. The van der Waals surface area contributed by atoms with Crippen LogP contribution < -0.4 is 11.0 Å². The highest BCUT2D eigenvalue weighted by Crippen LogP contribution is 2.26. The molecule has 142 valence electrons. The number of hydrogen-bond donors (Lipinski definition) is 3. The van der Waals surface area contributed by atoms with E-state index in [-0.39, 0.29) is 30.5 Å². The number of hydroxylamine groups is 1. The molecule has 1 unspecified atom stereocenters. The van der Waals surface area contributed by atoms with Crippen molar-refractivity contribution in [3.8, 4) is 11.8 Å². The minimum Gasteiger partial charge on any atom is -0.393 e. The van der Waals surface area contributed by atoms with Gasteiger partial charge in [-0.05, 0) is 32.3 Å². The number of aryl methyl sites for hydroxylation is 1. The van der Waals surface area contributed by atoms with Gasteiger partial charge >= 0.3 is 0 Å². The second-order valence-electron chi connectivity index (χ2n) is 6.73. The van der Waals surface area contributed by atoms with Crippen molar-refractivity contribution in [2.24, 2.45) is 5.92 Å². The van der Waals surface area contributed by atoms with Crippen LogP contribution in [0.3, 0.4) is 0 Å². The highest BCUT2D eigenvalue weighted by molar-refractivity contribution is 7.92. The quantitative estimate of drug-likeness (QED) is 0.364. The maximum atomic E-state index is 12.2. The van der Waals surface area contributed by atoms with Crippen LogP contribution in [-0.2, 0) is 21.2 Å². The number of aliphatic hydroxyl groups is 1. The van der Waals surface area contributed by atoms with Crippen molar-refractivity contribution in [1.29, 1.82) is 0 Å². The van der Waals surface area contributed by atoms with Crippen LogP contribution in [0.15, 0.2) is 23.1 Å². The maximum Gasteiger partial charge on any atom is 0.264 e. The Bertz CT molecular complexity index is 905. The van der Waals surface area contributed by atoms with E-state index < -0.39 is 20.5 Å². The van der Waals surface area contributed by atoms with E-state index in [1.165, 1.54) is 29.2 Å². The van der Waals surface area contributed by atoms with E-state index in [2.05, 4.69) is 11.8 Å². The third kappa shape index (κ3) is 4.33. The number of aliphatic hydroxyl groups excluding tert-OH is 1. The number of aromatic nitrogens is 1. The Kier molecular flexibility index (Phi) is 5.91. The van der Waals surface area contributed by atoms with Crippen molar-refractivity contribution in [1.82, 2.24) is 10.0 Å². The summed E-state index contributed by atoms with van der Waals surface area (Å²) in [5.41, 5.74) is 1.54. The minimum absolute atomic E-state index is 0.0155. The summed E-state index contributed by atoms with van der Waals surface area (Å²) in [6.07, 6.45) is 3.20. The zero-order chi connectivity index (χ0) is 19.5. The van der Waals surface area contributed by atoms with Crippen LogP contribution in [0.1, 0.15) is 31.7 Å². The Hall–Kier alpha value is -2.15. The Morgan fingerprint density at radius 2 is 2.12 bits per heavy atom. The molecule has 1 aromatic heterocycles. The largest absolute Gasteiger partial charge is 0.393 e. The van der Waals surface area contributed by atoms with E-state index in [0.717, 1.165) is 6.26 Å². The average Bonchev–Trinajstić information content (AvgIpc) is 2.54. The van der Waals surface area contributed by atoms with Gasteiger partial charge in [-0.2, -0.15) is 0 Å². The number of hydrogen-bond acceptors (Lipinski definition) is 6. The van der Waals surface area contributed by atoms with Gasteiger partial charge in [0.15, 0.2) is 14.6 Å². The van der Waals surface area contributed by atoms with Gasteiger partial charge in [-0.15, -0.1) is 0 Å². The van der Waals surface area contributed by atoms with Crippen LogP contribution in [0.2, 0.25) is 0 Å². The Balaban J connectivity index is 2.12. The molecule has 1 fully saturated rings. The van der Waals surface area contributed by atoms with Crippen molar-refractivity contribution >= 4 is 15.7 Å². The van der Waals surface area contributed by atoms with E-state index in [1.807, 2.05) is 0 Å². The van der Waals surface area contributed by atoms with Gasteiger partial charge in [0.2, 0.25) is 0 Å². The lowest BCUT2D eigenvalue weighted by Crippen LogP contribution is -2.49. The molecular weight excluding hydrogens is 360 g/mol. The normalized spacial score (nSPS) is 21.7. The molecule has 0 radical (unpaired) electrons. The summed E-state index contributed by atoms with van der Waals surface area (Å²) in [5.74, 6) is 4.98. The van der Waals surface area contributed by atoms with Crippen LogP contribution >= 0.6 is 0 Å². The molecule has 0 saturated heterocycles. The predicted octanol–water partition coefficient (Wildman–Crippen LogP) is -0.330. The van der Waals surface area contributed by atoms with E-state index >= 15 is 0 Å². The van der Waals surface area contributed by atoms with E-state index in [9.17, 15) is 23.1 Å². The Morgan fingerprint density at radius 3 is 2.62 bits per heavy atom. The third-order valence-corrected chi connectivity index (χ3v) is 6.79. The summed E-state index contributed by atoms with van der Waals surface area (Å²) in [5, 5.41) is 18.0. The van der Waals surface area contributed by atoms with Crippen LogP contribution in [0.4, 0.5) is 0 Å². The van der Waals surface area contributed by atoms with Crippen LogP contribution in [0, 0.1) is 17.8 Å². The molecule has 0 bridgehead atoms. The van der Waals surface area contributed by atoms with Gasteiger partial charge < -0.3 is 9.67 Å². The number of pyridine rings is 1. The Morgan fingerprint density at radius 1 is 1.46 bits per heavy atom. The maximum absolute atomic E-state index is 12.2. The van der Waals surface area contributed by atoms with Crippen molar-refractivity contribution < 1.29 is 23.5 Å². The molecule has 9 heteroatoms. The first kappa shape index (κ1) is 20.2. The first-order valence-corrected chi connectivity index (χ1v) is 10.00. The highest BCUT2D eigenvalue weighted by Gasteiger charge is 2.43. The molecule has 1 aromatic rings. The monoisotopic (exact) mass is 382 g/mol. The second-order valence-corrected chi connectivity index (χ2v) is 9.18. The summed E-state index contributed by atoms with van der Waals surface area (Å²) < 4.78 is 23.3. The molecule has 3 N–H and O–H groups in total. The zero-order valence-corrected chi connectivity index (χ0v) is 15.4. The van der Waals surface area contributed by atoms with Gasteiger partial charge in [-0.3, -0.25) is 14.8 Å². The number of carbonyl (C=O) groups is 1. The fourth-order valence-corrected chi connectivity index (χ4v) is 3.43. The molecule has 1 heterocycles. The molecular formula is C17H22N2O6S.